The number of thiazole rings is 1. The molecule has 0 aliphatic carbocycles. The summed E-state index contributed by atoms with van der Waals surface area (Å²) in [5.41, 5.74) is 8.43. The molecule has 0 unspecified atom stereocenters. The molecule has 1 atom stereocenters. The Morgan fingerprint density at radius 3 is 2.59 bits per heavy atom. The molecule has 8 nitrogen and oxygen atoms in total. The molecule has 1 aliphatic heterocycles. The van der Waals surface area contributed by atoms with Crippen molar-refractivity contribution in [3.05, 3.63) is 40.5 Å². The SMILES string of the molecule is COc1ccc(-c2nc([C@@H](C)Oc3nc(C)cc(N)n3)c(C)s2)cc1OCCN1CCCCC1. The molecule has 3 aromatic rings. The number of benzene rings is 1. The highest BCUT2D eigenvalue weighted by atomic mass is 32.1. The van der Waals surface area contributed by atoms with Crippen molar-refractivity contribution in [2.24, 2.45) is 0 Å². The fraction of sp³-hybridized carbons (Fsp3) is 0.480. The molecular formula is C25H33N5O3S. The average Bonchev–Trinajstić information content (AvgIpc) is 3.21. The molecule has 0 amide bonds. The summed E-state index contributed by atoms with van der Waals surface area (Å²) in [7, 11) is 1.66. The van der Waals surface area contributed by atoms with Crippen LogP contribution in [0.25, 0.3) is 10.6 Å². The molecule has 1 fully saturated rings. The summed E-state index contributed by atoms with van der Waals surface area (Å²) < 4.78 is 17.6. The topological polar surface area (TPSA) is 95.6 Å². The molecule has 2 N–H and O–H groups in total. The Balaban J connectivity index is 1.48. The Morgan fingerprint density at radius 2 is 1.85 bits per heavy atom. The minimum absolute atomic E-state index is 0.257. The molecule has 3 heterocycles. The summed E-state index contributed by atoms with van der Waals surface area (Å²) in [4.78, 5) is 16.9. The molecule has 1 aromatic carbocycles. The molecule has 2 aromatic heterocycles. The quantitative estimate of drug-likeness (QED) is 0.463. The van der Waals surface area contributed by atoms with Crippen LogP contribution in [-0.2, 0) is 0 Å². The van der Waals surface area contributed by atoms with E-state index in [1.165, 1.54) is 19.3 Å². The number of nitrogens with zero attached hydrogens (tertiary/aromatic N) is 4. The van der Waals surface area contributed by atoms with Gasteiger partial charge in [-0.3, -0.25) is 4.90 Å². The Bertz CT molecular complexity index is 1090. The third kappa shape index (κ3) is 5.95. The Morgan fingerprint density at radius 1 is 1.06 bits per heavy atom. The molecule has 1 saturated heterocycles. The molecule has 182 valence electrons. The Kier molecular flexibility index (Phi) is 7.84. The summed E-state index contributed by atoms with van der Waals surface area (Å²) in [6.07, 6.45) is 3.56. The van der Waals surface area contributed by atoms with Gasteiger partial charge in [0, 0.05) is 28.7 Å². The van der Waals surface area contributed by atoms with Crippen LogP contribution in [0.2, 0.25) is 0 Å². The van der Waals surface area contributed by atoms with Crippen molar-refractivity contribution in [3.63, 3.8) is 0 Å². The summed E-state index contributed by atoms with van der Waals surface area (Å²) in [5.74, 6) is 1.84. The molecular weight excluding hydrogens is 450 g/mol. The fourth-order valence-corrected chi connectivity index (χ4v) is 5.13. The molecule has 34 heavy (non-hydrogen) atoms. The van der Waals surface area contributed by atoms with Crippen LogP contribution < -0.4 is 19.9 Å². The second kappa shape index (κ2) is 11.0. The van der Waals surface area contributed by atoms with E-state index in [1.54, 1.807) is 24.5 Å². The van der Waals surface area contributed by atoms with Gasteiger partial charge in [0.25, 0.3) is 0 Å². The van der Waals surface area contributed by atoms with E-state index in [4.69, 9.17) is 24.9 Å². The molecule has 9 heteroatoms. The highest BCUT2D eigenvalue weighted by Crippen LogP contribution is 2.36. The lowest BCUT2D eigenvalue weighted by atomic mass is 10.1. The van der Waals surface area contributed by atoms with Crippen molar-refractivity contribution >= 4 is 17.2 Å². The van der Waals surface area contributed by atoms with Gasteiger partial charge in [-0.05, 0) is 64.9 Å². The summed E-state index contributed by atoms with van der Waals surface area (Å²) in [5, 5.41) is 0.899. The number of aryl methyl sites for hydroxylation is 2. The van der Waals surface area contributed by atoms with Crippen LogP contribution >= 0.6 is 11.3 Å². The van der Waals surface area contributed by atoms with Gasteiger partial charge in [-0.1, -0.05) is 6.42 Å². The fourth-order valence-electron chi connectivity index (χ4n) is 4.13. The van der Waals surface area contributed by atoms with Crippen LogP contribution in [0.4, 0.5) is 5.82 Å². The number of likely N-dealkylation sites (tertiary alicyclic amines) is 1. The van der Waals surface area contributed by atoms with Crippen molar-refractivity contribution in [3.8, 4) is 28.1 Å². The second-order valence-electron chi connectivity index (χ2n) is 8.55. The van der Waals surface area contributed by atoms with E-state index in [1.807, 2.05) is 39.0 Å². The Labute approximate surface area is 205 Å². The largest absolute Gasteiger partial charge is 0.493 e. The maximum absolute atomic E-state index is 6.14. The lowest BCUT2D eigenvalue weighted by Gasteiger charge is -2.26. The second-order valence-corrected chi connectivity index (χ2v) is 9.76. The summed E-state index contributed by atoms with van der Waals surface area (Å²) >= 11 is 1.62. The van der Waals surface area contributed by atoms with Crippen LogP contribution in [0.3, 0.4) is 0 Å². The number of aromatic nitrogens is 3. The molecule has 0 bridgehead atoms. The average molecular weight is 484 g/mol. The van der Waals surface area contributed by atoms with E-state index in [0.29, 0.717) is 12.4 Å². The first kappa shape index (κ1) is 24.2. The number of anilines is 1. The zero-order chi connectivity index (χ0) is 24.1. The van der Waals surface area contributed by atoms with Crippen LogP contribution in [0.5, 0.6) is 17.5 Å². The molecule has 0 spiro atoms. The van der Waals surface area contributed by atoms with Gasteiger partial charge >= 0.3 is 6.01 Å². The number of methoxy groups -OCH3 is 1. The normalized spacial score (nSPS) is 15.2. The molecule has 0 radical (unpaired) electrons. The van der Waals surface area contributed by atoms with E-state index in [2.05, 4.69) is 14.9 Å². The van der Waals surface area contributed by atoms with Crippen molar-refractivity contribution in [2.75, 3.05) is 39.1 Å². The van der Waals surface area contributed by atoms with E-state index < -0.39 is 0 Å². The number of hydrogen-bond acceptors (Lipinski definition) is 9. The molecule has 0 saturated carbocycles. The first-order chi connectivity index (χ1) is 16.4. The van der Waals surface area contributed by atoms with Gasteiger partial charge in [0.15, 0.2) is 11.5 Å². The lowest BCUT2D eigenvalue weighted by molar-refractivity contribution is 0.180. The zero-order valence-electron chi connectivity index (χ0n) is 20.3. The van der Waals surface area contributed by atoms with E-state index in [0.717, 1.165) is 58.0 Å². The highest BCUT2D eigenvalue weighted by molar-refractivity contribution is 7.15. The standard InChI is InChI=1S/C25H33N5O3S/c1-16-14-22(26)28-25(27-16)33-17(2)23-18(3)34-24(29-23)19-8-9-20(31-4)21(15-19)32-13-12-30-10-6-5-7-11-30/h8-9,14-15,17H,5-7,10-13H2,1-4H3,(H2,26,27,28)/t17-/m1/s1. The van der Waals surface area contributed by atoms with Crippen LogP contribution in [0, 0.1) is 13.8 Å². The number of nitrogens with two attached hydrogens (primary N) is 1. The summed E-state index contributed by atoms with van der Waals surface area (Å²) in [6, 6.07) is 7.92. The van der Waals surface area contributed by atoms with Gasteiger partial charge in [-0.2, -0.15) is 4.98 Å². The monoisotopic (exact) mass is 483 g/mol. The van der Waals surface area contributed by atoms with E-state index in [9.17, 15) is 0 Å². The van der Waals surface area contributed by atoms with Gasteiger partial charge in [0.1, 0.15) is 23.5 Å². The number of hydrogen-bond donors (Lipinski definition) is 1. The first-order valence-electron chi connectivity index (χ1n) is 11.7. The van der Waals surface area contributed by atoms with Crippen LogP contribution in [0.15, 0.2) is 24.3 Å². The van der Waals surface area contributed by atoms with Gasteiger partial charge < -0.3 is 19.9 Å². The third-order valence-corrected chi connectivity index (χ3v) is 6.91. The van der Waals surface area contributed by atoms with Crippen LogP contribution in [-0.4, -0.2) is 53.2 Å². The van der Waals surface area contributed by atoms with E-state index >= 15 is 0 Å². The zero-order valence-corrected chi connectivity index (χ0v) is 21.2. The van der Waals surface area contributed by atoms with Crippen molar-refractivity contribution < 1.29 is 14.2 Å². The van der Waals surface area contributed by atoms with Gasteiger partial charge in [-0.15, -0.1) is 11.3 Å². The first-order valence-corrected chi connectivity index (χ1v) is 12.5. The number of piperidine rings is 1. The molecule has 1 aliphatic rings. The predicted octanol–water partition coefficient (Wildman–Crippen LogP) is 4.81. The van der Waals surface area contributed by atoms with Crippen molar-refractivity contribution in [1.29, 1.82) is 0 Å². The summed E-state index contributed by atoms with van der Waals surface area (Å²) in [6.45, 7) is 9.71. The maximum atomic E-state index is 6.14. The number of ether oxygens (including phenoxy) is 3. The number of rotatable bonds is 9. The van der Waals surface area contributed by atoms with Gasteiger partial charge in [0.05, 0.1) is 12.8 Å². The van der Waals surface area contributed by atoms with Gasteiger partial charge in [-0.25, -0.2) is 9.97 Å². The van der Waals surface area contributed by atoms with Gasteiger partial charge in [0.2, 0.25) is 0 Å². The third-order valence-electron chi connectivity index (χ3n) is 5.88. The molecule has 4 rings (SSSR count). The highest BCUT2D eigenvalue weighted by Gasteiger charge is 2.19. The lowest BCUT2D eigenvalue weighted by Crippen LogP contribution is -2.33. The minimum Gasteiger partial charge on any atom is -0.493 e. The van der Waals surface area contributed by atoms with E-state index in [-0.39, 0.29) is 12.1 Å². The van der Waals surface area contributed by atoms with Crippen LogP contribution in [0.1, 0.15) is 48.6 Å². The van der Waals surface area contributed by atoms with Crippen molar-refractivity contribution in [1.82, 2.24) is 19.9 Å². The van der Waals surface area contributed by atoms with Crippen molar-refractivity contribution in [2.45, 2.75) is 46.1 Å². The predicted molar refractivity (Wildman–Crippen MR) is 135 cm³/mol. The maximum Gasteiger partial charge on any atom is 0.319 e. The number of nitrogen functional groups attached to an aromatic ring is 1. The minimum atomic E-state index is -0.315. The smallest absolute Gasteiger partial charge is 0.319 e. The Hall–Kier alpha value is -2.91.